The summed E-state index contributed by atoms with van der Waals surface area (Å²) in [6.45, 7) is 3.65. The second-order valence-corrected chi connectivity index (χ2v) is 8.18. The summed E-state index contributed by atoms with van der Waals surface area (Å²) in [6, 6.07) is 9.50. The highest BCUT2D eigenvalue weighted by Crippen LogP contribution is 2.13. The molecule has 0 spiro atoms. The summed E-state index contributed by atoms with van der Waals surface area (Å²) in [5, 5.41) is 13.1. The van der Waals surface area contributed by atoms with Crippen molar-refractivity contribution >= 4 is 17.8 Å². The van der Waals surface area contributed by atoms with Crippen LogP contribution in [0.2, 0.25) is 0 Å². The average molecular weight is 487 g/mol. The van der Waals surface area contributed by atoms with Gasteiger partial charge in [-0.25, -0.2) is 4.79 Å². The Bertz CT molecular complexity index is 808. The molecule has 1 heterocycles. The SMILES string of the molecule is C[C@H](N)C(=O)N[C@H](/C=C/C(=O)NC1CCN(C)CC1)CCc1ccccc1.O=C(O)C(F)(F)F. The quantitative estimate of drug-likeness (QED) is 0.416. The number of alkyl halides is 3. The first-order chi connectivity index (χ1) is 15.9. The van der Waals surface area contributed by atoms with Gasteiger partial charge in [0, 0.05) is 18.2 Å². The van der Waals surface area contributed by atoms with Crippen LogP contribution >= 0.6 is 0 Å². The van der Waals surface area contributed by atoms with E-state index in [1.807, 2.05) is 18.2 Å². The number of aryl methyl sites for hydroxylation is 1. The summed E-state index contributed by atoms with van der Waals surface area (Å²) in [4.78, 5) is 35.4. The van der Waals surface area contributed by atoms with Gasteiger partial charge in [-0.05, 0) is 58.3 Å². The highest BCUT2D eigenvalue weighted by molar-refractivity contribution is 5.88. The van der Waals surface area contributed by atoms with Crippen molar-refractivity contribution in [3.8, 4) is 0 Å². The number of hydrogen-bond acceptors (Lipinski definition) is 5. The standard InChI is InChI=1S/C21H32N4O2.C2HF3O2/c1-16(22)21(27)24-18(9-8-17-6-4-3-5-7-17)10-11-20(26)23-19-12-14-25(2)15-13-19;3-2(4,5)1(6)7/h3-7,10-11,16,18-19H,8-9,12-15,22H2,1-2H3,(H,23,26)(H,24,27);(H,6,7)/b11-10+;/t16-,18-;/m0./s1. The summed E-state index contributed by atoms with van der Waals surface area (Å²) >= 11 is 0. The molecule has 11 heteroatoms. The number of nitrogens with zero attached hydrogens (tertiary/aromatic N) is 1. The first-order valence-corrected chi connectivity index (χ1v) is 11.0. The fraction of sp³-hybridized carbons (Fsp3) is 0.522. The monoisotopic (exact) mass is 486 g/mol. The van der Waals surface area contributed by atoms with Crippen LogP contribution in [0.1, 0.15) is 31.7 Å². The van der Waals surface area contributed by atoms with E-state index in [1.54, 1.807) is 13.0 Å². The molecule has 34 heavy (non-hydrogen) atoms. The van der Waals surface area contributed by atoms with Crippen LogP contribution in [0.15, 0.2) is 42.5 Å². The molecular weight excluding hydrogens is 453 g/mol. The molecule has 8 nitrogen and oxygen atoms in total. The molecule has 1 aromatic carbocycles. The van der Waals surface area contributed by atoms with Gasteiger partial charge in [0.05, 0.1) is 6.04 Å². The number of piperidine rings is 1. The van der Waals surface area contributed by atoms with Gasteiger partial charge in [0.1, 0.15) is 0 Å². The lowest BCUT2D eigenvalue weighted by Crippen LogP contribution is -2.44. The highest BCUT2D eigenvalue weighted by atomic mass is 19.4. The molecule has 1 saturated heterocycles. The largest absolute Gasteiger partial charge is 0.490 e. The number of halogens is 3. The van der Waals surface area contributed by atoms with E-state index >= 15 is 0 Å². The minimum atomic E-state index is -5.08. The third kappa shape index (κ3) is 12.4. The van der Waals surface area contributed by atoms with Crippen LogP contribution in [0, 0.1) is 0 Å². The number of nitrogens with two attached hydrogens (primary N) is 1. The Hall–Kier alpha value is -2.92. The first-order valence-electron chi connectivity index (χ1n) is 11.0. The summed E-state index contributed by atoms with van der Waals surface area (Å²) in [7, 11) is 2.09. The number of nitrogens with one attached hydrogen (secondary N) is 2. The smallest absolute Gasteiger partial charge is 0.475 e. The summed E-state index contributed by atoms with van der Waals surface area (Å²) < 4.78 is 31.7. The van der Waals surface area contributed by atoms with E-state index in [-0.39, 0.29) is 23.9 Å². The topological polar surface area (TPSA) is 125 Å². The molecule has 1 aliphatic rings. The molecule has 1 aliphatic heterocycles. The fourth-order valence-corrected chi connectivity index (χ4v) is 3.10. The lowest BCUT2D eigenvalue weighted by molar-refractivity contribution is -0.192. The molecule has 0 radical (unpaired) electrons. The van der Waals surface area contributed by atoms with Crippen molar-refractivity contribution in [2.75, 3.05) is 20.1 Å². The fourth-order valence-electron chi connectivity index (χ4n) is 3.10. The van der Waals surface area contributed by atoms with Crippen LogP contribution in [-0.2, 0) is 20.8 Å². The third-order valence-corrected chi connectivity index (χ3v) is 5.12. The highest BCUT2D eigenvalue weighted by Gasteiger charge is 2.38. The van der Waals surface area contributed by atoms with Gasteiger partial charge in [0.15, 0.2) is 0 Å². The molecule has 2 atom stereocenters. The average Bonchev–Trinajstić information content (AvgIpc) is 2.77. The zero-order chi connectivity index (χ0) is 25.7. The van der Waals surface area contributed by atoms with E-state index in [4.69, 9.17) is 15.6 Å². The number of rotatable bonds is 8. The van der Waals surface area contributed by atoms with Crippen molar-refractivity contribution in [1.82, 2.24) is 15.5 Å². The number of hydrogen-bond donors (Lipinski definition) is 4. The van der Waals surface area contributed by atoms with E-state index in [9.17, 15) is 22.8 Å². The van der Waals surface area contributed by atoms with Gasteiger partial charge in [-0.3, -0.25) is 9.59 Å². The van der Waals surface area contributed by atoms with Crippen molar-refractivity contribution < 1.29 is 32.7 Å². The Labute approximate surface area is 197 Å². The van der Waals surface area contributed by atoms with E-state index in [1.165, 1.54) is 11.6 Å². The number of aliphatic carboxylic acids is 1. The van der Waals surface area contributed by atoms with Crippen molar-refractivity contribution in [2.24, 2.45) is 5.73 Å². The Morgan fingerprint density at radius 1 is 1.21 bits per heavy atom. The summed E-state index contributed by atoms with van der Waals surface area (Å²) in [5.41, 5.74) is 6.86. The van der Waals surface area contributed by atoms with Crippen molar-refractivity contribution in [1.29, 1.82) is 0 Å². The van der Waals surface area contributed by atoms with Crippen LogP contribution in [0.5, 0.6) is 0 Å². The Balaban J connectivity index is 0.000000718. The lowest BCUT2D eigenvalue weighted by Gasteiger charge is -2.29. The number of carbonyl (C=O) groups is 3. The van der Waals surface area contributed by atoms with Gasteiger partial charge in [0.2, 0.25) is 11.8 Å². The second kappa shape index (κ2) is 14.4. The number of likely N-dealkylation sites (tertiary alicyclic amines) is 1. The second-order valence-electron chi connectivity index (χ2n) is 8.18. The molecular formula is C23H33F3N4O4. The minimum Gasteiger partial charge on any atom is -0.475 e. The van der Waals surface area contributed by atoms with Crippen LogP contribution < -0.4 is 16.4 Å². The molecule has 0 aromatic heterocycles. The normalized spacial score (nSPS) is 16.8. The van der Waals surface area contributed by atoms with Gasteiger partial charge < -0.3 is 26.4 Å². The van der Waals surface area contributed by atoms with Crippen molar-refractivity contribution in [2.45, 2.75) is 56.9 Å². The zero-order valence-electron chi connectivity index (χ0n) is 19.3. The van der Waals surface area contributed by atoms with Gasteiger partial charge in [-0.2, -0.15) is 13.2 Å². The molecule has 190 valence electrons. The molecule has 5 N–H and O–H groups in total. The lowest BCUT2D eigenvalue weighted by atomic mass is 10.0. The zero-order valence-corrected chi connectivity index (χ0v) is 19.3. The third-order valence-electron chi connectivity index (χ3n) is 5.12. The van der Waals surface area contributed by atoms with Gasteiger partial charge in [-0.1, -0.05) is 36.4 Å². The number of carboxylic acids is 1. The summed E-state index contributed by atoms with van der Waals surface area (Å²) in [6.07, 6.45) is 1.68. The number of carboxylic acid groups (broad SMARTS) is 1. The van der Waals surface area contributed by atoms with Gasteiger partial charge >= 0.3 is 12.1 Å². The molecule has 1 fully saturated rings. The van der Waals surface area contributed by atoms with Crippen molar-refractivity contribution in [3.63, 3.8) is 0 Å². The van der Waals surface area contributed by atoms with E-state index in [0.717, 1.165) is 32.4 Å². The van der Waals surface area contributed by atoms with Gasteiger partial charge in [-0.15, -0.1) is 0 Å². The van der Waals surface area contributed by atoms with Crippen LogP contribution in [0.4, 0.5) is 13.2 Å². The van der Waals surface area contributed by atoms with E-state index in [0.29, 0.717) is 6.42 Å². The van der Waals surface area contributed by atoms with E-state index < -0.39 is 18.2 Å². The summed E-state index contributed by atoms with van der Waals surface area (Å²) in [5.74, 6) is -3.08. The Kier molecular flexibility index (Phi) is 12.3. The predicted octanol–water partition coefficient (Wildman–Crippen LogP) is 1.85. The Morgan fingerprint density at radius 2 is 1.76 bits per heavy atom. The first kappa shape index (κ1) is 29.1. The van der Waals surface area contributed by atoms with Crippen LogP contribution in [0.3, 0.4) is 0 Å². The molecule has 0 unspecified atom stereocenters. The molecule has 0 saturated carbocycles. The van der Waals surface area contributed by atoms with E-state index in [2.05, 4.69) is 34.7 Å². The predicted molar refractivity (Wildman–Crippen MR) is 122 cm³/mol. The van der Waals surface area contributed by atoms with Crippen LogP contribution in [0.25, 0.3) is 0 Å². The van der Waals surface area contributed by atoms with Crippen molar-refractivity contribution in [3.05, 3.63) is 48.0 Å². The number of benzene rings is 1. The molecule has 0 aliphatic carbocycles. The Morgan fingerprint density at radius 3 is 2.26 bits per heavy atom. The molecule has 2 amide bonds. The maximum Gasteiger partial charge on any atom is 0.490 e. The maximum atomic E-state index is 12.2. The number of carbonyl (C=O) groups excluding carboxylic acids is 2. The molecule has 2 rings (SSSR count). The van der Waals surface area contributed by atoms with Gasteiger partial charge in [0.25, 0.3) is 0 Å². The molecule has 1 aromatic rings. The molecule has 0 bridgehead atoms. The van der Waals surface area contributed by atoms with Crippen LogP contribution in [-0.4, -0.2) is 72.2 Å². The minimum absolute atomic E-state index is 0.107. The maximum absolute atomic E-state index is 12.2. The number of amides is 2.